The number of halogens is 1. The van der Waals surface area contributed by atoms with E-state index >= 15 is 0 Å². The summed E-state index contributed by atoms with van der Waals surface area (Å²) in [5, 5.41) is 11.6. The molecule has 0 radical (unpaired) electrons. The topological polar surface area (TPSA) is 33.4 Å². The molecule has 1 unspecified atom stereocenters. The van der Waals surface area contributed by atoms with E-state index < -0.39 is 6.10 Å². The summed E-state index contributed by atoms with van der Waals surface area (Å²) in [4.78, 5) is 0. The number of aryl methyl sites for hydroxylation is 1. The molecule has 1 heterocycles. The van der Waals surface area contributed by atoms with Crippen molar-refractivity contribution >= 4 is 22.6 Å². The van der Waals surface area contributed by atoms with Crippen molar-refractivity contribution in [3.05, 3.63) is 34.5 Å². The summed E-state index contributed by atoms with van der Waals surface area (Å²) >= 11 is 6.10. The quantitative estimate of drug-likeness (QED) is 0.860. The maximum Gasteiger partial charge on any atom is 0.153 e. The van der Waals surface area contributed by atoms with E-state index in [1.807, 2.05) is 25.1 Å². The summed E-state index contributed by atoms with van der Waals surface area (Å²) in [5.41, 5.74) is 1.78. The first-order valence-corrected chi connectivity index (χ1v) is 5.90. The van der Waals surface area contributed by atoms with Crippen LogP contribution in [-0.2, 0) is 0 Å². The van der Waals surface area contributed by atoms with Crippen LogP contribution in [0.4, 0.5) is 0 Å². The van der Waals surface area contributed by atoms with Gasteiger partial charge in [0.25, 0.3) is 0 Å². The highest BCUT2D eigenvalue weighted by atomic mass is 35.5. The number of hydrogen-bond donors (Lipinski definition) is 1. The van der Waals surface area contributed by atoms with E-state index in [-0.39, 0.29) is 0 Å². The molecule has 2 nitrogen and oxygen atoms in total. The number of aliphatic hydroxyl groups is 1. The summed E-state index contributed by atoms with van der Waals surface area (Å²) in [6, 6.07) is 5.80. The minimum atomic E-state index is -0.469. The molecule has 1 aromatic carbocycles. The van der Waals surface area contributed by atoms with E-state index in [1.165, 1.54) is 0 Å². The second kappa shape index (κ2) is 3.51. The third-order valence-corrected chi connectivity index (χ3v) is 3.38. The zero-order valence-corrected chi connectivity index (χ0v) is 9.79. The van der Waals surface area contributed by atoms with Crippen molar-refractivity contribution in [1.29, 1.82) is 0 Å². The van der Waals surface area contributed by atoms with E-state index in [0.717, 1.165) is 23.8 Å². The van der Waals surface area contributed by atoms with Crippen LogP contribution in [0.5, 0.6) is 0 Å². The van der Waals surface area contributed by atoms with Gasteiger partial charge in [0, 0.05) is 5.39 Å². The Morgan fingerprint density at radius 3 is 2.81 bits per heavy atom. The van der Waals surface area contributed by atoms with Gasteiger partial charge in [-0.3, -0.25) is 0 Å². The first-order valence-electron chi connectivity index (χ1n) is 5.53. The molecule has 1 atom stereocenters. The molecule has 1 fully saturated rings. The monoisotopic (exact) mass is 236 g/mol. The maximum atomic E-state index is 9.98. The average molecular weight is 237 g/mol. The van der Waals surface area contributed by atoms with Crippen molar-refractivity contribution in [3.63, 3.8) is 0 Å². The van der Waals surface area contributed by atoms with Crippen LogP contribution in [0.15, 0.2) is 22.6 Å². The summed E-state index contributed by atoms with van der Waals surface area (Å²) < 4.78 is 5.63. The minimum absolute atomic E-state index is 0.375. The lowest BCUT2D eigenvalue weighted by Gasteiger charge is -2.03. The Morgan fingerprint density at radius 1 is 1.38 bits per heavy atom. The molecular formula is C13H13ClO2. The molecule has 1 N–H and O–H groups in total. The minimum Gasteiger partial charge on any atom is -0.457 e. The molecule has 1 saturated carbocycles. The molecule has 0 saturated heterocycles. The van der Waals surface area contributed by atoms with Crippen molar-refractivity contribution in [2.75, 3.05) is 0 Å². The second-order valence-corrected chi connectivity index (χ2v) is 5.00. The van der Waals surface area contributed by atoms with Gasteiger partial charge in [0.2, 0.25) is 0 Å². The number of furan rings is 1. The molecule has 84 valence electrons. The van der Waals surface area contributed by atoms with Gasteiger partial charge in [-0.1, -0.05) is 11.6 Å². The van der Waals surface area contributed by atoms with Gasteiger partial charge in [-0.2, -0.15) is 0 Å². The Labute approximate surface area is 98.8 Å². The van der Waals surface area contributed by atoms with Gasteiger partial charge >= 0.3 is 0 Å². The zero-order chi connectivity index (χ0) is 11.3. The normalized spacial score (nSPS) is 17.9. The number of hydrogen-bond acceptors (Lipinski definition) is 2. The predicted molar refractivity (Wildman–Crippen MR) is 63.6 cm³/mol. The van der Waals surface area contributed by atoms with E-state index in [9.17, 15) is 5.11 Å². The average Bonchev–Trinajstić information content (AvgIpc) is 2.97. The highest BCUT2D eigenvalue weighted by molar-refractivity contribution is 6.34. The molecule has 0 spiro atoms. The molecule has 2 aromatic rings. The summed E-state index contributed by atoms with van der Waals surface area (Å²) in [5.74, 6) is 1.02. The number of rotatable bonds is 2. The molecule has 3 heteroatoms. The molecule has 0 amide bonds. The largest absolute Gasteiger partial charge is 0.457 e. The summed E-state index contributed by atoms with van der Waals surface area (Å²) in [6.45, 7) is 2.00. The Hall–Kier alpha value is -0.990. The van der Waals surface area contributed by atoms with E-state index in [0.29, 0.717) is 22.3 Å². The van der Waals surface area contributed by atoms with Crippen LogP contribution in [0.2, 0.25) is 5.02 Å². The van der Waals surface area contributed by atoms with Crippen LogP contribution in [0.25, 0.3) is 11.0 Å². The van der Waals surface area contributed by atoms with Crippen molar-refractivity contribution < 1.29 is 9.52 Å². The zero-order valence-electron chi connectivity index (χ0n) is 9.03. The molecule has 16 heavy (non-hydrogen) atoms. The van der Waals surface area contributed by atoms with Crippen LogP contribution in [0.1, 0.15) is 30.3 Å². The van der Waals surface area contributed by atoms with Gasteiger partial charge in [0.05, 0.1) is 5.02 Å². The summed E-state index contributed by atoms with van der Waals surface area (Å²) in [7, 11) is 0. The lowest BCUT2D eigenvalue weighted by molar-refractivity contribution is 0.129. The number of aliphatic hydroxyl groups excluding tert-OH is 1. The van der Waals surface area contributed by atoms with Gasteiger partial charge < -0.3 is 9.52 Å². The van der Waals surface area contributed by atoms with Gasteiger partial charge in [-0.15, -0.1) is 0 Å². The lowest BCUT2D eigenvalue weighted by atomic mass is 10.1. The van der Waals surface area contributed by atoms with Crippen molar-refractivity contribution in [3.8, 4) is 0 Å². The van der Waals surface area contributed by atoms with Crippen molar-refractivity contribution in [2.24, 2.45) is 5.92 Å². The van der Waals surface area contributed by atoms with Crippen LogP contribution in [0, 0.1) is 12.8 Å². The van der Waals surface area contributed by atoms with Crippen LogP contribution < -0.4 is 0 Å². The fraction of sp³-hybridized carbons (Fsp3) is 0.385. The highest BCUT2D eigenvalue weighted by Gasteiger charge is 2.33. The van der Waals surface area contributed by atoms with Gasteiger partial charge in [-0.05, 0) is 49.4 Å². The fourth-order valence-electron chi connectivity index (χ4n) is 2.06. The standard InChI is InChI=1S/C13H13ClO2/c1-7-4-9-6-11(12(15)8-2-3-8)16-13(9)10(14)5-7/h4-6,8,12,15H,2-3H2,1H3. The van der Waals surface area contributed by atoms with Gasteiger partial charge in [0.15, 0.2) is 5.58 Å². The predicted octanol–water partition coefficient (Wildman–Crippen LogP) is 3.84. The SMILES string of the molecule is Cc1cc(Cl)c2oc(C(O)C3CC3)cc2c1. The first-order chi connectivity index (χ1) is 7.65. The molecular weight excluding hydrogens is 224 g/mol. The van der Waals surface area contributed by atoms with Crippen LogP contribution in [-0.4, -0.2) is 5.11 Å². The van der Waals surface area contributed by atoms with Gasteiger partial charge in [-0.25, -0.2) is 0 Å². The molecule has 1 aliphatic carbocycles. The molecule has 1 aliphatic rings. The van der Waals surface area contributed by atoms with Crippen molar-refractivity contribution in [2.45, 2.75) is 25.9 Å². The Morgan fingerprint density at radius 2 is 2.12 bits per heavy atom. The van der Waals surface area contributed by atoms with Crippen LogP contribution in [0.3, 0.4) is 0 Å². The summed E-state index contributed by atoms with van der Waals surface area (Å²) in [6.07, 6.45) is 1.71. The maximum absolute atomic E-state index is 9.98. The van der Waals surface area contributed by atoms with Gasteiger partial charge in [0.1, 0.15) is 11.9 Å². The second-order valence-electron chi connectivity index (χ2n) is 4.60. The fourth-order valence-corrected chi connectivity index (χ4v) is 2.38. The lowest BCUT2D eigenvalue weighted by Crippen LogP contribution is -1.96. The van der Waals surface area contributed by atoms with E-state index in [2.05, 4.69) is 0 Å². The molecule has 0 bridgehead atoms. The third-order valence-electron chi connectivity index (χ3n) is 3.09. The molecule has 3 rings (SSSR count). The Bertz CT molecular complexity index is 540. The van der Waals surface area contributed by atoms with Crippen LogP contribution >= 0.6 is 11.6 Å². The Kier molecular flexibility index (Phi) is 2.23. The van der Waals surface area contributed by atoms with Crippen molar-refractivity contribution in [1.82, 2.24) is 0 Å². The van der Waals surface area contributed by atoms with E-state index in [1.54, 1.807) is 0 Å². The van der Waals surface area contributed by atoms with E-state index in [4.69, 9.17) is 16.0 Å². The molecule has 1 aromatic heterocycles. The smallest absolute Gasteiger partial charge is 0.153 e. The number of benzene rings is 1. The third kappa shape index (κ3) is 1.62. The Balaban J connectivity index is 2.11. The highest BCUT2D eigenvalue weighted by Crippen LogP contribution is 2.42. The molecule has 0 aliphatic heterocycles. The number of fused-ring (bicyclic) bond motifs is 1. The first kappa shape index (κ1) is 10.2.